The highest BCUT2D eigenvalue weighted by Crippen LogP contribution is 2.26. The summed E-state index contributed by atoms with van der Waals surface area (Å²) in [5, 5.41) is 3.81. The van der Waals surface area contributed by atoms with Gasteiger partial charge in [-0.25, -0.2) is 0 Å². The molecule has 0 N–H and O–H groups in total. The minimum Gasteiger partial charge on any atom is -0.490 e. The molecule has 5 heteroatoms. The van der Waals surface area contributed by atoms with Gasteiger partial charge in [-0.3, -0.25) is 0 Å². The molecule has 1 aliphatic rings. The monoisotopic (exact) mass is 264 g/mol. The van der Waals surface area contributed by atoms with Crippen LogP contribution < -0.4 is 4.74 Å². The molecule has 1 heterocycles. The fourth-order valence-corrected chi connectivity index (χ4v) is 2.32. The van der Waals surface area contributed by atoms with Crippen molar-refractivity contribution in [1.29, 1.82) is 0 Å². The molecular formula is C13H13ClN2O2. The Morgan fingerprint density at radius 2 is 1.89 bits per heavy atom. The van der Waals surface area contributed by atoms with Crippen LogP contribution in [0.4, 0.5) is 0 Å². The highest BCUT2D eigenvalue weighted by Gasteiger charge is 2.16. The zero-order valence-electron chi connectivity index (χ0n) is 9.80. The standard InChI is InChI=1S/C13H13ClN2O2/c14-13-15-12(16-18-13)9-5-7-11(8-6-9)17-10-3-1-2-4-10/h5-8,10H,1-4H2. The molecule has 1 saturated carbocycles. The molecule has 2 aromatic rings. The molecule has 0 spiro atoms. The highest BCUT2D eigenvalue weighted by molar-refractivity contribution is 6.27. The fourth-order valence-electron chi connectivity index (χ4n) is 2.20. The van der Waals surface area contributed by atoms with Crippen LogP contribution in [0.1, 0.15) is 25.7 Å². The quantitative estimate of drug-likeness (QED) is 0.848. The molecule has 0 unspecified atom stereocenters. The van der Waals surface area contributed by atoms with Crippen LogP contribution in [-0.2, 0) is 0 Å². The van der Waals surface area contributed by atoms with Crippen LogP contribution in [0.2, 0.25) is 5.35 Å². The van der Waals surface area contributed by atoms with Crippen LogP contribution >= 0.6 is 11.6 Å². The van der Waals surface area contributed by atoms with Crippen molar-refractivity contribution in [3.05, 3.63) is 29.6 Å². The van der Waals surface area contributed by atoms with Gasteiger partial charge in [0.1, 0.15) is 5.75 Å². The second-order valence-corrected chi connectivity index (χ2v) is 4.74. The molecule has 0 saturated heterocycles. The van der Waals surface area contributed by atoms with Gasteiger partial charge in [-0.05, 0) is 61.5 Å². The summed E-state index contributed by atoms with van der Waals surface area (Å²) in [6, 6.07) is 7.67. The molecule has 0 bridgehead atoms. The molecule has 94 valence electrons. The molecule has 0 amide bonds. The number of aromatic nitrogens is 2. The minimum absolute atomic E-state index is 0.0521. The van der Waals surface area contributed by atoms with Crippen molar-refractivity contribution >= 4 is 11.6 Å². The SMILES string of the molecule is Clc1nc(-c2ccc(OC3CCCC3)cc2)no1. The number of rotatable bonds is 3. The van der Waals surface area contributed by atoms with Crippen LogP contribution in [0, 0.1) is 0 Å². The van der Waals surface area contributed by atoms with E-state index in [1.807, 2.05) is 24.3 Å². The third kappa shape index (κ3) is 2.48. The van der Waals surface area contributed by atoms with E-state index >= 15 is 0 Å². The van der Waals surface area contributed by atoms with E-state index in [4.69, 9.17) is 20.9 Å². The van der Waals surface area contributed by atoms with Crippen LogP contribution in [0.15, 0.2) is 28.8 Å². The fraction of sp³-hybridized carbons (Fsp3) is 0.385. The molecule has 0 atom stereocenters. The summed E-state index contributed by atoms with van der Waals surface area (Å²) in [6.45, 7) is 0. The summed E-state index contributed by atoms with van der Waals surface area (Å²) in [5.74, 6) is 1.38. The molecule has 1 aromatic heterocycles. The molecule has 1 aliphatic carbocycles. The summed E-state index contributed by atoms with van der Waals surface area (Å²) in [6.07, 6.45) is 5.22. The Morgan fingerprint density at radius 3 is 2.50 bits per heavy atom. The Bertz CT molecular complexity index is 518. The third-order valence-corrected chi connectivity index (χ3v) is 3.27. The predicted octanol–water partition coefficient (Wildman–Crippen LogP) is 3.71. The highest BCUT2D eigenvalue weighted by atomic mass is 35.5. The number of hydrogen-bond donors (Lipinski definition) is 0. The number of nitrogens with zero attached hydrogens (tertiary/aromatic N) is 2. The Labute approximate surface area is 110 Å². The number of halogens is 1. The second-order valence-electron chi connectivity index (χ2n) is 4.42. The zero-order valence-corrected chi connectivity index (χ0v) is 10.6. The van der Waals surface area contributed by atoms with Gasteiger partial charge < -0.3 is 9.26 Å². The lowest BCUT2D eigenvalue weighted by molar-refractivity contribution is 0.210. The van der Waals surface area contributed by atoms with Crippen molar-refractivity contribution in [1.82, 2.24) is 10.1 Å². The van der Waals surface area contributed by atoms with Crippen LogP contribution in [0.25, 0.3) is 11.4 Å². The summed E-state index contributed by atoms with van der Waals surface area (Å²) in [5.41, 5.74) is 0.865. The normalized spacial score (nSPS) is 16.1. The maximum Gasteiger partial charge on any atom is 0.320 e. The molecular weight excluding hydrogens is 252 g/mol. The zero-order chi connectivity index (χ0) is 12.4. The van der Waals surface area contributed by atoms with Crippen molar-refractivity contribution < 1.29 is 9.26 Å². The molecule has 3 rings (SSSR count). The number of hydrogen-bond acceptors (Lipinski definition) is 4. The van der Waals surface area contributed by atoms with E-state index in [0.717, 1.165) is 24.2 Å². The van der Waals surface area contributed by atoms with Gasteiger partial charge in [-0.15, -0.1) is 0 Å². The molecule has 18 heavy (non-hydrogen) atoms. The van der Waals surface area contributed by atoms with Gasteiger partial charge in [0.2, 0.25) is 5.82 Å². The Kier molecular flexibility index (Phi) is 3.19. The van der Waals surface area contributed by atoms with E-state index in [1.165, 1.54) is 12.8 Å². The van der Waals surface area contributed by atoms with Gasteiger partial charge in [0.15, 0.2) is 0 Å². The first-order valence-corrected chi connectivity index (χ1v) is 6.45. The Balaban J connectivity index is 1.72. The van der Waals surface area contributed by atoms with Gasteiger partial charge in [0.05, 0.1) is 6.10 Å². The Morgan fingerprint density at radius 1 is 1.17 bits per heavy atom. The van der Waals surface area contributed by atoms with Gasteiger partial charge in [0, 0.05) is 5.56 Å². The third-order valence-electron chi connectivity index (χ3n) is 3.12. The summed E-state index contributed by atoms with van der Waals surface area (Å²) >= 11 is 5.59. The Hall–Kier alpha value is -1.55. The van der Waals surface area contributed by atoms with E-state index in [2.05, 4.69) is 10.1 Å². The van der Waals surface area contributed by atoms with Crippen molar-refractivity contribution in [2.45, 2.75) is 31.8 Å². The minimum atomic E-state index is 0.0521. The van der Waals surface area contributed by atoms with Gasteiger partial charge in [-0.1, -0.05) is 5.16 Å². The van der Waals surface area contributed by atoms with Crippen LogP contribution in [-0.4, -0.2) is 16.2 Å². The average molecular weight is 265 g/mol. The van der Waals surface area contributed by atoms with E-state index < -0.39 is 0 Å². The van der Waals surface area contributed by atoms with Crippen molar-refractivity contribution in [3.8, 4) is 17.1 Å². The first kappa shape index (κ1) is 11.5. The van der Waals surface area contributed by atoms with Gasteiger partial charge in [-0.2, -0.15) is 4.98 Å². The largest absolute Gasteiger partial charge is 0.490 e. The van der Waals surface area contributed by atoms with E-state index in [-0.39, 0.29) is 5.35 Å². The number of benzene rings is 1. The maximum absolute atomic E-state index is 5.88. The molecule has 1 aromatic carbocycles. The molecule has 4 nitrogen and oxygen atoms in total. The van der Waals surface area contributed by atoms with Crippen molar-refractivity contribution in [2.75, 3.05) is 0 Å². The van der Waals surface area contributed by atoms with E-state index in [0.29, 0.717) is 11.9 Å². The molecule has 1 fully saturated rings. The molecule has 0 radical (unpaired) electrons. The summed E-state index contributed by atoms with van der Waals surface area (Å²) < 4.78 is 10.6. The molecule has 0 aliphatic heterocycles. The average Bonchev–Trinajstić information content (AvgIpc) is 3.02. The van der Waals surface area contributed by atoms with E-state index in [1.54, 1.807) is 0 Å². The van der Waals surface area contributed by atoms with Crippen molar-refractivity contribution in [3.63, 3.8) is 0 Å². The van der Waals surface area contributed by atoms with Gasteiger partial charge >= 0.3 is 5.35 Å². The maximum atomic E-state index is 5.88. The van der Waals surface area contributed by atoms with Crippen LogP contribution in [0.3, 0.4) is 0 Å². The van der Waals surface area contributed by atoms with E-state index in [9.17, 15) is 0 Å². The smallest absolute Gasteiger partial charge is 0.320 e. The lowest BCUT2D eigenvalue weighted by Crippen LogP contribution is -2.10. The number of ether oxygens (including phenoxy) is 1. The van der Waals surface area contributed by atoms with Gasteiger partial charge in [0.25, 0.3) is 0 Å². The first-order valence-electron chi connectivity index (χ1n) is 6.07. The van der Waals surface area contributed by atoms with Crippen molar-refractivity contribution in [2.24, 2.45) is 0 Å². The summed E-state index contributed by atoms with van der Waals surface area (Å²) in [7, 11) is 0. The topological polar surface area (TPSA) is 48.2 Å². The van der Waals surface area contributed by atoms with Crippen LogP contribution in [0.5, 0.6) is 5.75 Å². The summed E-state index contributed by atoms with van der Waals surface area (Å²) in [4.78, 5) is 3.96. The predicted molar refractivity (Wildman–Crippen MR) is 67.6 cm³/mol. The lowest BCUT2D eigenvalue weighted by Gasteiger charge is -2.12. The first-order chi connectivity index (χ1) is 8.81. The second kappa shape index (κ2) is 4.98. The lowest BCUT2D eigenvalue weighted by atomic mass is 10.2.